The molecule has 0 aliphatic carbocycles. The number of aldehydes is 1. The van der Waals surface area contributed by atoms with Crippen LogP contribution < -0.4 is 43.7 Å². The van der Waals surface area contributed by atoms with E-state index in [1.54, 1.807) is 18.3 Å². The minimum absolute atomic E-state index is 0. The van der Waals surface area contributed by atoms with Gasteiger partial charge >= 0.3 is 41.9 Å². The van der Waals surface area contributed by atoms with E-state index in [1.165, 1.54) is 19.3 Å². The van der Waals surface area contributed by atoms with Crippen molar-refractivity contribution in [3.05, 3.63) is 59.6 Å². The SMILES string of the molecule is Brc1ccc(Br)nc1.CC1(C)CCCC(C)(C)[N-]1.O=Cc1nc(Br)ccc1Br.[2H]CF.[Cl-].[Cl-].[Li+].[Mg+2]. The van der Waals surface area contributed by atoms with Crippen LogP contribution in [0.25, 0.3) is 5.32 Å². The molecule has 2 aromatic heterocycles. The van der Waals surface area contributed by atoms with Gasteiger partial charge in [0.25, 0.3) is 0 Å². The fourth-order valence-corrected chi connectivity index (χ4v) is 3.86. The summed E-state index contributed by atoms with van der Waals surface area (Å²) in [6.45, 7) is 8.92. The van der Waals surface area contributed by atoms with Gasteiger partial charge in [-0.3, -0.25) is 9.18 Å². The molecule has 4 nitrogen and oxygen atoms in total. The molecule has 34 heavy (non-hydrogen) atoms. The van der Waals surface area contributed by atoms with Crippen LogP contribution in [0.2, 0.25) is 0 Å². The Kier molecular flexibility index (Phi) is 30.0. The van der Waals surface area contributed by atoms with Gasteiger partial charge in [-0.05, 0) is 88.0 Å². The average Bonchev–Trinajstić information content (AvgIpc) is 2.66. The Bertz CT molecular complexity index is 782. The summed E-state index contributed by atoms with van der Waals surface area (Å²) in [5.41, 5.74) is 0.887. The van der Waals surface area contributed by atoms with E-state index in [1.807, 2.05) is 12.1 Å². The molecule has 0 unspecified atom stereocenters. The fraction of sp³-hybridized carbons (Fsp3) is 0.476. The van der Waals surface area contributed by atoms with Crippen molar-refractivity contribution in [2.75, 3.05) is 7.15 Å². The van der Waals surface area contributed by atoms with Gasteiger partial charge in [0.1, 0.15) is 14.9 Å². The third-order valence-electron chi connectivity index (χ3n) is 3.82. The minimum Gasteiger partial charge on any atom is -1.00 e. The van der Waals surface area contributed by atoms with Crippen molar-refractivity contribution in [1.29, 1.82) is 0 Å². The Hall–Kier alpha value is 1.72. The number of nitrogens with zero attached hydrogens (tertiary/aromatic N) is 3. The number of halogens is 7. The molecular weight excluding hydrogens is 751 g/mol. The normalized spacial score (nSPS) is 14.3. The number of aromatic nitrogens is 2. The first kappa shape index (κ1) is 42.8. The number of hydrogen-bond donors (Lipinski definition) is 0. The number of hydrogen-bond acceptors (Lipinski definition) is 3. The molecule has 0 bridgehead atoms. The third-order valence-corrected chi connectivity index (χ3v) is 5.87. The predicted octanol–water partition coefficient (Wildman–Crippen LogP) is -0.656. The van der Waals surface area contributed by atoms with Crippen LogP contribution in [0.1, 0.15) is 58.8 Å². The summed E-state index contributed by atoms with van der Waals surface area (Å²) in [5, 5.41) is 4.75. The standard InChI is InChI=1S/C9H18N.C6H3Br2NO.C5H3Br2N.CH3F.2ClH.Li.Mg/c1-8(2)6-5-7-9(3,4)10-8;7-4-1-2-6(8)9-5(4)3-10;6-4-1-2-5(7)8-3-4;1-2;;;;/h5-7H2,1-4H3;1-3H;1-3H;1H3;2*1H;;/q-1;;;;;;+1;+2/p-2/i;;;1D;;;;. The maximum atomic E-state index is 10.3. The molecule has 0 atom stereocenters. The Morgan fingerprint density at radius 1 is 1.00 bits per heavy atom. The molecular formula is C21H27Br4Cl2FLiMgN3O. The maximum absolute atomic E-state index is 10.3. The number of rotatable bonds is 1. The number of carbonyl (C=O) groups is 1. The Morgan fingerprint density at radius 2 is 1.47 bits per heavy atom. The van der Waals surface area contributed by atoms with E-state index < -0.39 is 7.15 Å². The van der Waals surface area contributed by atoms with Crippen LogP contribution in [0.4, 0.5) is 4.39 Å². The quantitative estimate of drug-likeness (QED) is 0.220. The monoisotopic (exact) mass is 774 g/mol. The van der Waals surface area contributed by atoms with E-state index in [4.69, 9.17) is 6.69 Å². The first-order valence-corrected chi connectivity index (χ1v) is 12.2. The molecule has 184 valence electrons. The van der Waals surface area contributed by atoms with Crippen molar-refractivity contribution >= 4 is 93.1 Å². The minimum atomic E-state index is -1.00. The van der Waals surface area contributed by atoms with Gasteiger partial charge in [0.15, 0.2) is 6.29 Å². The van der Waals surface area contributed by atoms with Crippen molar-refractivity contribution in [2.45, 2.75) is 58.0 Å². The van der Waals surface area contributed by atoms with Crippen molar-refractivity contribution < 1.29 is 54.2 Å². The second-order valence-electron chi connectivity index (χ2n) is 7.51. The molecule has 0 saturated carbocycles. The van der Waals surface area contributed by atoms with Crippen molar-refractivity contribution in [3.8, 4) is 0 Å². The molecule has 2 aromatic rings. The van der Waals surface area contributed by atoms with Crippen LogP contribution in [0.15, 0.2) is 48.6 Å². The van der Waals surface area contributed by atoms with E-state index in [0.717, 1.165) is 9.08 Å². The molecule has 1 saturated heterocycles. The van der Waals surface area contributed by atoms with E-state index in [-0.39, 0.29) is 77.8 Å². The van der Waals surface area contributed by atoms with Gasteiger partial charge in [-0.2, -0.15) is 0 Å². The molecule has 0 aromatic carbocycles. The first-order valence-electron chi connectivity index (χ1n) is 9.70. The molecule has 1 aliphatic rings. The Balaban J connectivity index is -0.000000116. The van der Waals surface area contributed by atoms with Gasteiger partial charge in [-0.25, -0.2) is 9.97 Å². The largest absolute Gasteiger partial charge is 2.00 e. The second-order valence-corrected chi connectivity index (χ2v) is 10.9. The van der Waals surface area contributed by atoms with E-state index in [0.29, 0.717) is 21.1 Å². The molecule has 3 heterocycles. The van der Waals surface area contributed by atoms with Gasteiger partial charge in [0, 0.05) is 15.1 Å². The molecule has 1 fully saturated rings. The first-order chi connectivity index (χ1) is 14.4. The molecule has 0 N–H and O–H groups in total. The molecule has 0 amide bonds. The van der Waals surface area contributed by atoms with Gasteiger partial charge in [-0.15, -0.1) is 11.1 Å². The number of pyridine rings is 2. The second kappa shape index (κ2) is 23.8. The topological polar surface area (TPSA) is 57.0 Å². The summed E-state index contributed by atoms with van der Waals surface area (Å²) in [6, 6.07) is 7.33. The van der Waals surface area contributed by atoms with E-state index in [2.05, 4.69) is 101 Å². The van der Waals surface area contributed by atoms with Crippen LogP contribution in [0, 0.1) is 0 Å². The molecule has 0 spiro atoms. The summed E-state index contributed by atoms with van der Waals surface area (Å²) in [4.78, 5) is 18.1. The molecule has 3 rings (SSSR count). The zero-order valence-corrected chi connectivity index (χ0v) is 29.2. The zero-order chi connectivity index (χ0) is 24.1. The molecule has 0 radical (unpaired) electrons. The van der Waals surface area contributed by atoms with Crippen LogP contribution in [-0.2, 0) is 0 Å². The summed E-state index contributed by atoms with van der Waals surface area (Å²) < 4.78 is 18.7. The van der Waals surface area contributed by atoms with Gasteiger partial charge < -0.3 is 30.1 Å². The number of carbonyl (C=O) groups excluding carboxylic acids is 1. The molecule has 1 aliphatic heterocycles. The van der Waals surface area contributed by atoms with Gasteiger partial charge in [0.2, 0.25) is 0 Å². The van der Waals surface area contributed by atoms with Crippen LogP contribution >= 0.6 is 63.7 Å². The van der Waals surface area contributed by atoms with Crippen LogP contribution in [0.3, 0.4) is 0 Å². The summed E-state index contributed by atoms with van der Waals surface area (Å²) >= 11 is 12.8. The zero-order valence-electron chi connectivity index (χ0n) is 20.9. The maximum Gasteiger partial charge on any atom is 2.00 e. The number of alkyl halides is 1. The Labute approximate surface area is 279 Å². The summed E-state index contributed by atoms with van der Waals surface area (Å²) in [6.07, 6.45) is 6.30. The van der Waals surface area contributed by atoms with Crippen molar-refractivity contribution in [3.63, 3.8) is 0 Å². The number of piperidine rings is 1. The summed E-state index contributed by atoms with van der Waals surface area (Å²) in [7, 11) is -1.00. The van der Waals surface area contributed by atoms with Gasteiger partial charge in [-0.1, -0.05) is 47.0 Å². The van der Waals surface area contributed by atoms with Gasteiger partial charge in [0.05, 0.1) is 8.52 Å². The average molecular weight is 779 g/mol. The van der Waals surface area contributed by atoms with Crippen LogP contribution in [-0.4, -0.2) is 57.5 Å². The van der Waals surface area contributed by atoms with Crippen LogP contribution in [0.5, 0.6) is 0 Å². The van der Waals surface area contributed by atoms with Crippen molar-refractivity contribution in [2.24, 2.45) is 0 Å². The predicted molar refractivity (Wildman–Crippen MR) is 143 cm³/mol. The summed E-state index contributed by atoms with van der Waals surface area (Å²) in [5.74, 6) is 0. The van der Waals surface area contributed by atoms with Crippen molar-refractivity contribution in [1.82, 2.24) is 9.97 Å². The smallest absolute Gasteiger partial charge is 1.00 e. The Morgan fingerprint density at radius 3 is 1.76 bits per heavy atom. The van der Waals surface area contributed by atoms with E-state index in [9.17, 15) is 9.18 Å². The fourth-order valence-electron chi connectivity index (χ4n) is 2.76. The van der Waals surface area contributed by atoms with E-state index >= 15 is 0 Å². The third kappa shape index (κ3) is 21.8. The molecule has 13 heteroatoms.